The number of pyridine rings is 1. The summed E-state index contributed by atoms with van der Waals surface area (Å²) in [4.78, 5) is 14.9. The van der Waals surface area contributed by atoms with Gasteiger partial charge in [-0.15, -0.1) is 0 Å². The minimum atomic E-state index is 0.428. The summed E-state index contributed by atoms with van der Waals surface area (Å²) in [6, 6.07) is 6.89. The van der Waals surface area contributed by atoms with Crippen LogP contribution in [0.15, 0.2) is 24.3 Å². The number of hydrogen-bond acceptors (Lipinski definition) is 3. The highest BCUT2D eigenvalue weighted by Gasteiger charge is 2.06. The van der Waals surface area contributed by atoms with Gasteiger partial charge in [-0.2, -0.15) is 0 Å². The average Bonchev–Trinajstić information content (AvgIpc) is 2.29. The summed E-state index contributed by atoms with van der Waals surface area (Å²) in [5.74, 6) is 0.525. The topological polar surface area (TPSA) is 39.2 Å². The van der Waals surface area contributed by atoms with E-state index in [0.717, 1.165) is 11.7 Å². The van der Waals surface area contributed by atoms with Crippen LogP contribution in [0.5, 0.6) is 5.88 Å². The highest BCUT2D eigenvalue weighted by atomic mass is 35.5. The Bertz CT molecular complexity index is 525. The van der Waals surface area contributed by atoms with Gasteiger partial charge in [0.2, 0.25) is 5.88 Å². The van der Waals surface area contributed by atoms with Crippen molar-refractivity contribution in [3.8, 4) is 5.88 Å². The molecule has 0 fully saturated rings. The molecule has 76 valence electrons. The summed E-state index contributed by atoms with van der Waals surface area (Å²) in [5, 5.41) is 1.18. The quantitative estimate of drug-likeness (QED) is 0.732. The fraction of sp³-hybridized carbons (Fsp3) is 0.0909. The van der Waals surface area contributed by atoms with Crippen molar-refractivity contribution < 1.29 is 9.53 Å². The van der Waals surface area contributed by atoms with Gasteiger partial charge >= 0.3 is 0 Å². The lowest BCUT2D eigenvalue weighted by Gasteiger charge is -2.04. The molecule has 3 nitrogen and oxygen atoms in total. The second-order valence-corrected chi connectivity index (χ2v) is 3.38. The Hall–Kier alpha value is -1.61. The van der Waals surface area contributed by atoms with Crippen LogP contribution >= 0.6 is 11.6 Å². The molecule has 0 unspecified atom stereocenters. The summed E-state index contributed by atoms with van der Waals surface area (Å²) in [5.41, 5.74) is 1.18. The molecule has 0 saturated heterocycles. The van der Waals surface area contributed by atoms with Crippen LogP contribution < -0.4 is 4.74 Å². The molecule has 0 saturated carbocycles. The van der Waals surface area contributed by atoms with E-state index < -0.39 is 0 Å². The number of aromatic nitrogens is 1. The number of fused-ring (bicyclic) bond motifs is 1. The second-order valence-electron chi connectivity index (χ2n) is 3.01. The van der Waals surface area contributed by atoms with Crippen molar-refractivity contribution in [2.75, 3.05) is 7.11 Å². The van der Waals surface area contributed by atoms with Gasteiger partial charge in [0.1, 0.15) is 0 Å². The first-order valence-corrected chi connectivity index (χ1v) is 4.72. The van der Waals surface area contributed by atoms with Crippen molar-refractivity contribution in [2.45, 2.75) is 0 Å². The van der Waals surface area contributed by atoms with Crippen LogP contribution in [0.2, 0.25) is 5.02 Å². The van der Waals surface area contributed by atoms with Crippen molar-refractivity contribution in [3.63, 3.8) is 0 Å². The Morgan fingerprint density at radius 3 is 2.80 bits per heavy atom. The fourth-order valence-electron chi connectivity index (χ4n) is 1.37. The summed E-state index contributed by atoms with van der Waals surface area (Å²) in [6.07, 6.45) is 0.728. The third-order valence-electron chi connectivity index (χ3n) is 2.15. The van der Waals surface area contributed by atoms with Gasteiger partial charge in [0.05, 0.1) is 17.6 Å². The Balaban J connectivity index is 2.73. The molecule has 0 aliphatic heterocycles. The monoisotopic (exact) mass is 221 g/mol. The zero-order valence-corrected chi connectivity index (χ0v) is 8.78. The molecule has 15 heavy (non-hydrogen) atoms. The third-order valence-corrected chi connectivity index (χ3v) is 2.57. The highest BCUT2D eigenvalue weighted by Crippen LogP contribution is 2.26. The molecular weight excluding hydrogens is 214 g/mol. The Kier molecular flexibility index (Phi) is 2.56. The average molecular weight is 222 g/mol. The normalized spacial score (nSPS) is 10.3. The van der Waals surface area contributed by atoms with Crippen LogP contribution in [0, 0.1) is 0 Å². The van der Waals surface area contributed by atoms with Gasteiger partial charge in [0.15, 0.2) is 6.29 Å². The maximum Gasteiger partial charge on any atom is 0.213 e. The van der Waals surface area contributed by atoms with E-state index in [1.54, 1.807) is 31.4 Å². The van der Waals surface area contributed by atoms with E-state index in [1.165, 1.54) is 0 Å². The fourth-order valence-corrected chi connectivity index (χ4v) is 1.64. The second kappa shape index (κ2) is 3.87. The Morgan fingerprint density at radius 1 is 1.33 bits per heavy atom. The molecule has 0 bridgehead atoms. The molecule has 1 heterocycles. The lowest BCUT2D eigenvalue weighted by molar-refractivity contribution is 0.112. The molecule has 2 rings (SSSR count). The molecule has 0 atom stereocenters. The molecule has 0 radical (unpaired) electrons. The Labute approximate surface area is 91.6 Å². The van der Waals surface area contributed by atoms with Crippen molar-refractivity contribution in [2.24, 2.45) is 0 Å². The van der Waals surface area contributed by atoms with E-state index in [0.29, 0.717) is 22.0 Å². The van der Waals surface area contributed by atoms with E-state index in [2.05, 4.69) is 4.98 Å². The number of hydrogen-bond donors (Lipinski definition) is 0. The molecule has 2 aromatic rings. The molecule has 0 aliphatic carbocycles. The number of ether oxygens (including phenoxy) is 1. The zero-order chi connectivity index (χ0) is 10.8. The van der Waals surface area contributed by atoms with Crippen LogP contribution in [-0.4, -0.2) is 18.4 Å². The summed E-state index contributed by atoms with van der Waals surface area (Å²) >= 11 is 6.03. The number of carbonyl (C=O) groups excluding carboxylic acids is 1. The predicted molar refractivity (Wildman–Crippen MR) is 58.7 cm³/mol. The van der Waals surface area contributed by atoms with Crippen LogP contribution in [0.4, 0.5) is 0 Å². The van der Waals surface area contributed by atoms with Crippen molar-refractivity contribution in [1.82, 2.24) is 4.98 Å². The van der Waals surface area contributed by atoms with Gasteiger partial charge in [0, 0.05) is 17.0 Å². The lowest BCUT2D eigenvalue weighted by atomic mass is 10.1. The lowest BCUT2D eigenvalue weighted by Crippen LogP contribution is -1.90. The first kappa shape index (κ1) is 9.93. The highest BCUT2D eigenvalue weighted by molar-refractivity contribution is 6.37. The molecular formula is C11H8ClNO2. The largest absolute Gasteiger partial charge is 0.481 e. The van der Waals surface area contributed by atoms with Crippen molar-refractivity contribution >= 4 is 28.8 Å². The van der Waals surface area contributed by atoms with Gasteiger partial charge in [0.25, 0.3) is 0 Å². The van der Waals surface area contributed by atoms with E-state index in [-0.39, 0.29) is 0 Å². The molecule has 0 aliphatic rings. The minimum absolute atomic E-state index is 0.428. The zero-order valence-electron chi connectivity index (χ0n) is 8.03. The van der Waals surface area contributed by atoms with Gasteiger partial charge in [-0.25, -0.2) is 4.98 Å². The van der Waals surface area contributed by atoms with E-state index in [4.69, 9.17) is 16.3 Å². The van der Waals surface area contributed by atoms with E-state index >= 15 is 0 Å². The standard InChI is InChI=1S/C11H8ClNO2/c1-15-10-5-3-8-9(13-10)4-2-7(6-14)11(8)12/h2-6H,1H3. The van der Waals surface area contributed by atoms with Crippen molar-refractivity contribution in [3.05, 3.63) is 34.9 Å². The summed E-state index contributed by atoms with van der Waals surface area (Å²) in [6.45, 7) is 0. The number of methoxy groups -OCH3 is 1. The summed E-state index contributed by atoms with van der Waals surface area (Å²) in [7, 11) is 1.55. The number of nitrogens with zero attached hydrogens (tertiary/aromatic N) is 1. The van der Waals surface area contributed by atoms with Crippen LogP contribution in [0.3, 0.4) is 0 Å². The van der Waals surface area contributed by atoms with E-state index in [1.807, 2.05) is 0 Å². The molecule has 4 heteroatoms. The minimum Gasteiger partial charge on any atom is -0.481 e. The van der Waals surface area contributed by atoms with Gasteiger partial charge in [-0.1, -0.05) is 11.6 Å². The van der Waals surface area contributed by atoms with Crippen LogP contribution in [0.1, 0.15) is 10.4 Å². The van der Waals surface area contributed by atoms with Crippen molar-refractivity contribution in [1.29, 1.82) is 0 Å². The SMILES string of the molecule is COc1ccc2c(Cl)c(C=O)ccc2n1. The van der Waals surface area contributed by atoms with Crippen LogP contribution in [-0.2, 0) is 0 Å². The number of benzene rings is 1. The molecule has 1 aromatic carbocycles. The maximum absolute atomic E-state index is 10.7. The number of carbonyl (C=O) groups is 1. The number of halogens is 1. The van der Waals surface area contributed by atoms with Gasteiger partial charge < -0.3 is 4.74 Å². The maximum atomic E-state index is 10.7. The number of rotatable bonds is 2. The predicted octanol–water partition coefficient (Wildman–Crippen LogP) is 2.71. The number of aldehydes is 1. The van der Waals surface area contributed by atoms with Crippen LogP contribution in [0.25, 0.3) is 10.9 Å². The van der Waals surface area contributed by atoms with Gasteiger partial charge in [-0.3, -0.25) is 4.79 Å². The smallest absolute Gasteiger partial charge is 0.213 e. The molecule has 0 amide bonds. The first-order chi connectivity index (χ1) is 7.26. The van der Waals surface area contributed by atoms with Gasteiger partial charge in [-0.05, 0) is 18.2 Å². The first-order valence-electron chi connectivity index (χ1n) is 4.34. The third kappa shape index (κ3) is 1.66. The molecule has 0 spiro atoms. The molecule has 1 aromatic heterocycles. The van der Waals surface area contributed by atoms with E-state index in [9.17, 15) is 4.79 Å². The Morgan fingerprint density at radius 2 is 2.13 bits per heavy atom. The molecule has 0 N–H and O–H groups in total. The summed E-state index contributed by atoms with van der Waals surface area (Å²) < 4.78 is 4.99.